The summed E-state index contributed by atoms with van der Waals surface area (Å²) in [7, 11) is 3.33. The molecule has 2 aromatic rings. The number of H-pyrrole nitrogens is 1. The van der Waals surface area contributed by atoms with Gasteiger partial charge in [0, 0.05) is 58.3 Å². The number of hydrazine groups is 1. The van der Waals surface area contributed by atoms with E-state index in [-0.39, 0.29) is 11.7 Å². The number of carbonyl (C=O) groups is 2. The third kappa shape index (κ3) is 7.32. The number of benzene rings is 1. The van der Waals surface area contributed by atoms with E-state index >= 15 is 0 Å². The van der Waals surface area contributed by atoms with Crippen LogP contribution in [0.15, 0.2) is 30.5 Å². The quantitative estimate of drug-likeness (QED) is 0.723. The molecule has 2 N–H and O–H groups in total. The number of aryl methyl sites for hydroxylation is 1. The fourth-order valence-electron chi connectivity index (χ4n) is 3.76. The molecular weight excluding hydrogens is 421 g/mol. The summed E-state index contributed by atoms with van der Waals surface area (Å²) in [6.07, 6.45) is 8.31. The number of amides is 2. The lowest BCUT2D eigenvalue weighted by atomic mass is 10.1. The van der Waals surface area contributed by atoms with Crippen molar-refractivity contribution >= 4 is 22.7 Å². The number of fused-ring (bicyclic) bond motifs is 1. The summed E-state index contributed by atoms with van der Waals surface area (Å²) in [5.41, 5.74) is 4.92. The predicted octanol–water partition coefficient (Wildman–Crippen LogP) is 4.07. The number of carbonyl (C=O) groups excluding carboxylic acids is 2. The molecule has 0 saturated carbocycles. The molecule has 0 radical (unpaired) electrons. The van der Waals surface area contributed by atoms with Gasteiger partial charge in [-0.1, -0.05) is 26.0 Å². The lowest BCUT2D eigenvalue weighted by Crippen LogP contribution is -2.38. The lowest BCUT2D eigenvalue weighted by Gasteiger charge is -2.27. The third-order valence-electron chi connectivity index (χ3n) is 5.57. The highest BCUT2D eigenvalue weighted by molar-refractivity contribution is 5.98. The van der Waals surface area contributed by atoms with E-state index in [1.165, 1.54) is 30.2 Å². The molecule has 1 saturated heterocycles. The van der Waals surface area contributed by atoms with Gasteiger partial charge in [-0.2, -0.15) is 0 Å². The summed E-state index contributed by atoms with van der Waals surface area (Å²) in [4.78, 5) is 29.8. The monoisotopic (exact) mass is 459 g/mol. The fourth-order valence-corrected chi connectivity index (χ4v) is 3.76. The van der Waals surface area contributed by atoms with Gasteiger partial charge in [-0.3, -0.25) is 9.59 Å². The molecule has 1 fully saturated rings. The summed E-state index contributed by atoms with van der Waals surface area (Å²) in [6.45, 7) is 9.48. The van der Waals surface area contributed by atoms with E-state index in [1.807, 2.05) is 36.9 Å². The van der Waals surface area contributed by atoms with Crippen molar-refractivity contribution in [2.24, 2.45) is 0 Å². The average molecular weight is 460 g/mol. The molecule has 0 aliphatic carbocycles. The van der Waals surface area contributed by atoms with Crippen LogP contribution in [0.25, 0.3) is 10.9 Å². The Morgan fingerprint density at radius 1 is 1.12 bits per heavy atom. The van der Waals surface area contributed by atoms with Crippen LogP contribution in [0, 0.1) is 12.7 Å². The summed E-state index contributed by atoms with van der Waals surface area (Å²) in [6, 6.07) is 4.80. The van der Waals surface area contributed by atoms with Crippen molar-refractivity contribution in [3.05, 3.63) is 47.5 Å². The van der Waals surface area contributed by atoms with Gasteiger partial charge in [0.05, 0.1) is 5.52 Å². The molecule has 8 heteroatoms. The van der Waals surface area contributed by atoms with Crippen molar-refractivity contribution in [2.75, 3.05) is 40.3 Å². The van der Waals surface area contributed by atoms with Crippen LogP contribution in [0.4, 0.5) is 4.39 Å². The SMILES string of the molecule is CC.Cc1ccc(F)c2[nH]c(C(=O)N(C)C)cc12.O=C(CCN1C=CCN1)N1CCCCC1. The maximum atomic E-state index is 13.5. The van der Waals surface area contributed by atoms with Crippen molar-refractivity contribution in [2.45, 2.75) is 46.5 Å². The fraction of sp³-hybridized carbons (Fsp3) is 0.520. The zero-order valence-corrected chi connectivity index (χ0v) is 20.6. The minimum Gasteiger partial charge on any atom is -0.348 e. The van der Waals surface area contributed by atoms with E-state index < -0.39 is 0 Å². The molecule has 2 aliphatic heterocycles. The molecule has 3 heterocycles. The van der Waals surface area contributed by atoms with Crippen molar-refractivity contribution in [3.63, 3.8) is 0 Å². The van der Waals surface area contributed by atoms with Crippen LogP contribution in [0.1, 0.15) is 55.6 Å². The number of hydrogen-bond donors (Lipinski definition) is 2. The molecule has 4 rings (SSSR count). The van der Waals surface area contributed by atoms with Gasteiger partial charge in [-0.25, -0.2) is 9.82 Å². The van der Waals surface area contributed by atoms with Crippen molar-refractivity contribution in [1.29, 1.82) is 0 Å². The number of aromatic nitrogens is 1. The Bertz CT molecular complexity index is 909. The van der Waals surface area contributed by atoms with Crippen LogP contribution in [0.5, 0.6) is 0 Å². The molecule has 7 nitrogen and oxygen atoms in total. The minimum absolute atomic E-state index is 0.157. The van der Waals surface area contributed by atoms with Gasteiger partial charge in [0.15, 0.2) is 0 Å². The molecule has 0 bridgehead atoms. The second-order valence-electron chi connectivity index (χ2n) is 8.17. The second kappa shape index (κ2) is 13.0. The predicted molar refractivity (Wildman–Crippen MR) is 131 cm³/mol. The van der Waals surface area contributed by atoms with Gasteiger partial charge >= 0.3 is 0 Å². The van der Waals surface area contributed by atoms with Crippen molar-refractivity contribution in [3.8, 4) is 0 Å². The zero-order chi connectivity index (χ0) is 24.4. The van der Waals surface area contributed by atoms with Crippen molar-refractivity contribution < 1.29 is 14.0 Å². The smallest absolute Gasteiger partial charge is 0.269 e. The second-order valence-corrected chi connectivity index (χ2v) is 8.17. The first kappa shape index (κ1) is 26.4. The van der Waals surface area contributed by atoms with Gasteiger partial charge in [-0.15, -0.1) is 0 Å². The Morgan fingerprint density at radius 2 is 1.82 bits per heavy atom. The maximum Gasteiger partial charge on any atom is 0.269 e. The van der Waals surface area contributed by atoms with Crippen LogP contribution in [-0.4, -0.2) is 71.9 Å². The molecule has 2 aliphatic rings. The van der Waals surface area contributed by atoms with Gasteiger partial charge in [0.25, 0.3) is 5.91 Å². The first-order chi connectivity index (χ1) is 15.9. The number of aromatic amines is 1. The molecule has 1 aromatic heterocycles. The standard InChI is InChI=1S/C12H13FN2O.C11H19N3O.C2H6/c1-7-4-5-9(13)11-8(7)6-10(14-11)12(16)15(2)3;15-11(13-7-2-1-3-8-13)5-10-14-9-4-6-12-14;1-2/h4-6,14H,1-3H3;4,9,12H,1-3,5-8,10H2;1-2H3. The van der Waals surface area contributed by atoms with E-state index in [0.717, 1.165) is 37.1 Å². The van der Waals surface area contributed by atoms with Crippen LogP contribution in [-0.2, 0) is 4.79 Å². The number of halogens is 1. The third-order valence-corrected chi connectivity index (χ3v) is 5.57. The summed E-state index contributed by atoms with van der Waals surface area (Å²) in [5.74, 6) is -0.190. The Hall–Kier alpha value is -2.87. The Balaban J connectivity index is 0.000000218. The highest BCUT2D eigenvalue weighted by atomic mass is 19.1. The largest absolute Gasteiger partial charge is 0.348 e. The van der Waals surface area contributed by atoms with Crippen LogP contribution >= 0.6 is 0 Å². The highest BCUT2D eigenvalue weighted by Crippen LogP contribution is 2.22. The Kier molecular flexibility index (Phi) is 10.4. The van der Waals surface area contributed by atoms with Crippen LogP contribution in [0.3, 0.4) is 0 Å². The average Bonchev–Trinajstić information content (AvgIpc) is 3.52. The van der Waals surface area contributed by atoms with E-state index in [2.05, 4.69) is 16.5 Å². The van der Waals surface area contributed by atoms with E-state index in [1.54, 1.807) is 26.2 Å². The number of nitrogens with zero attached hydrogens (tertiary/aromatic N) is 3. The number of piperidine rings is 1. The summed E-state index contributed by atoms with van der Waals surface area (Å²) < 4.78 is 13.5. The molecule has 33 heavy (non-hydrogen) atoms. The Morgan fingerprint density at radius 3 is 2.39 bits per heavy atom. The molecule has 0 unspecified atom stereocenters. The number of likely N-dealkylation sites (tertiary alicyclic amines) is 1. The van der Waals surface area contributed by atoms with Crippen molar-refractivity contribution in [1.82, 2.24) is 25.2 Å². The number of rotatable bonds is 4. The molecule has 2 amide bonds. The highest BCUT2D eigenvalue weighted by Gasteiger charge is 2.17. The van der Waals surface area contributed by atoms with E-state index in [0.29, 0.717) is 23.5 Å². The van der Waals surface area contributed by atoms with E-state index in [4.69, 9.17) is 0 Å². The molecule has 0 spiro atoms. The first-order valence-electron chi connectivity index (χ1n) is 11.8. The summed E-state index contributed by atoms with van der Waals surface area (Å²) in [5, 5.41) is 2.74. The molecule has 0 atom stereocenters. The lowest BCUT2D eigenvalue weighted by molar-refractivity contribution is -0.132. The number of nitrogens with one attached hydrogen (secondary N) is 2. The van der Waals surface area contributed by atoms with Gasteiger partial charge in [0.2, 0.25) is 5.91 Å². The van der Waals surface area contributed by atoms with E-state index in [9.17, 15) is 14.0 Å². The normalized spacial score (nSPS) is 15.0. The molecule has 182 valence electrons. The minimum atomic E-state index is -0.335. The maximum absolute atomic E-state index is 13.5. The molecular formula is C25H38FN5O2. The Labute approximate surface area is 196 Å². The topological polar surface area (TPSA) is 71.7 Å². The first-order valence-corrected chi connectivity index (χ1v) is 11.8. The zero-order valence-electron chi connectivity index (χ0n) is 20.6. The van der Waals surface area contributed by atoms with Gasteiger partial charge < -0.3 is 19.8 Å². The van der Waals surface area contributed by atoms with Gasteiger partial charge in [0.1, 0.15) is 11.5 Å². The van der Waals surface area contributed by atoms with Gasteiger partial charge in [-0.05, 0) is 43.9 Å². The molecule has 1 aromatic carbocycles. The van der Waals surface area contributed by atoms with Crippen LogP contribution < -0.4 is 5.43 Å². The summed E-state index contributed by atoms with van der Waals surface area (Å²) >= 11 is 0. The number of hydrogen-bond acceptors (Lipinski definition) is 4. The van der Waals surface area contributed by atoms with Crippen LogP contribution in [0.2, 0.25) is 0 Å².